The summed E-state index contributed by atoms with van der Waals surface area (Å²) in [5, 5.41) is 7.72. The van der Waals surface area contributed by atoms with Gasteiger partial charge in [0.1, 0.15) is 6.17 Å². The van der Waals surface area contributed by atoms with Crippen molar-refractivity contribution in [3.63, 3.8) is 0 Å². The Hall–Kier alpha value is -0.870. The van der Waals surface area contributed by atoms with Crippen molar-refractivity contribution in [3.05, 3.63) is 22.4 Å². The van der Waals surface area contributed by atoms with Crippen LogP contribution in [-0.4, -0.2) is 23.4 Å². The quantitative estimate of drug-likeness (QED) is 0.928. The lowest BCUT2D eigenvalue weighted by Crippen LogP contribution is -2.36. The van der Waals surface area contributed by atoms with Crippen LogP contribution in [0.4, 0.5) is 0 Å². The Morgan fingerprint density at radius 1 is 1.40 bits per heavy atom. The second kappa shape index (κ2) is 4.85. The molecule has 5 atom stereocenters. The van der Waals surface area contributed by atoms with Gasteiger partial charge < -0.3 is 4.90 Å². The minimum absolute atomic E-state index is 0.0431. The summed E-state index contributed by atoms with van der Waals surface area (Å²) < 4.78 is 0. The van der Waals surface area contributed by atoms with Crippen molar-refractivity contribution in [1.82, 2.24) is 10.2 Å². The monoisotopic (exact) mass is 290 g/mol. The molecule has 3 fully saturated rings. The van der Waals surface area contributed by atoms with E-state index < -0.39 is 0 Å². The summed E-state index contributed by atoms with van der Waals surface area (Å²) in [5.41, 5.74) is 1.25. The third-order valence-electron chi connectivity index (χ3n) is 5.55. The topological polar surface area (TPSA) is 32.3 Å². The second-order valence-electron chi connectivity index (χ2n) is 6.77. The van der Waals surface area contributed by atoms with Gasteiger partial charge in [0.25, 0.3) is 0 Å². The number of carbonyl (C=O) groups excluding carboxylic acids is 1. The molecule has 4 rings (SSSR count). The van der Waals surface area contributed by atoms with Crippen molar-refractivity contribution in [3.8, 4) is 0 Å². The van der Waals surface area contributed by atoms with E-state index in [-0.39, 0.29) is 18.1 Å². The maximum absolute atomic E-state index is 12.5. The fourth-order valence-corrected chi connectivity index (χ4v) is 5.21. The average Bonchev–Trinajstić information content (AvgIpc) is 3.19. The van der Waals surface area contributed by atoms with E-state index >= 15 is 0 Å². The van der Waals surface area contributed by atoms with Crippen LogP contribution in [0.1, 0.15) is 44.3 Å². The molecule has 1 N–H and O–H groups in total. The highest BCUT2D eigenvalue weighted by Crippen LogP contribution is 2.49. The fraction of sp³-hybridized carbons (Fsp3) is 0.688. The average molecular weight is 290 g/mol. The van der Waals surface area contributed by atoms with E-state index in [9.17, 15) is 4.79 Å². The van der Waals surface area contributed by atoms with Gasteiger partial charge in [-0.25, -0.2) is 0 Å². The molecular weight excluding hydrogens is 268 g/mol. The number of fused-ring (bicyclic) bond motifs is 2. The molecule has 3 aliphatic rings. The molecule has 2 saturated carbocycles. The minimum atomic E-state index is -0.0431. The molecule has 2 heterocycles. The van der Waals surface area contributed by atoms with E-state index in [1.807, 2.05) is 6.92 Å². The van der Waals surface area contributed by atoms with Crippen LogP contribution in [0, 0.1) is 17.8 Å². The maximum atomic E-state index is 12.5. The van der Waals surface area contributed by atoms with Crippen LogP contribution in [0.15, 0.2) is 16.8 Å². The first-order chi connectivity index (χ1) is 9.72. The summed E-state index contributed by atoms with van der Waals surface area (Å²) in [6, 6.07) is 2.10. The van der Waals surface area contributed by atoms with Crippen LogP contribution in [0.2, 0.25) is 0 Å². The molecule has 1 saturated heterocycles. The van der Waals surface area contributed by atoms with Crippen LogP contribution in [-0.2, 0) is 4.79 Å². The van der Waals surface area contributed by atoms with Gasteiger partial charge in [0.05, 0.1) is 6.04 Å². The molecule has 1 amide bonds. The summed E-state index contributed by atoms with van der Waals surface area (Å²) in [7, 11) is 0. The summed E-state index contributed by atoms with van der Waals surface area (Å²) in [6.45, 7) is 2.94. The lowest BCUT2D eigenvalue weighted by Gasteiger charge is -2.30. The van der Waals surface area contributed by atoms with E-state index in [4.69, 9.17) is 0 Å². The van der Waals surface area contributed by atoms with E-state index in [1.165, 1.54) is 31.2 Å². The van der Waals surface area contributed by atoms with Crippen molar-refractivity contribution in [2.24, 2.45) is 17.8 Å². The van der Waals surface area contributed by atoms with Gasteiger partial charge in [-0.1, -0.05) is 6.42 Å². The molecule has 0 radical (unpaired) electrons. The van der Waals surface area contributed by atoms with Crippen LogP contribution < -0.4 is 5.32 Å². The highest BCUT2D eigenvalue weighted by atomic mass is 32.1. The van der Waals surface area contributed by atoms with Gasteiger partial charge in [-0.05, 0) is 66.3 Å². The smallest absolute Gasteiger partial charge is 0.241 e. The summed E-state index contributed by atoms with van der Waals surface area (Å²) in [6.07, 6.45) is 5.68. The predicted octanol–water partition coefficient (Wildman–Crippen LogP) is 3.00. The summed E-state index contributed by atoms with van der Waals surface area (Å²) >= 11 is 1.71. The number of carbonyl (C=O) groups is 1. The highest BCUT2D eigenvalue weighted by molar-refractivity contribution is 7.07. The molecule has 0 aromatic carbocycles. The van der Waals surface area contributed by atoms with Crippen molar-refractivity contribution < 1.29 is 4.79 Å². The Balaban J connectivity index is 1.53. The molecule has 0 spiro atoms. The fourth-order valence-electron chi connectivity index (χ4n) is 4.53. The number of rotatable bonds is 3. The van der Waals surface area contributed by atoms with E-state index in [0.717, 1.165) is 24.3 Å². The molecular formula is C16H22N2OS. The minimum Gasteiger partial charge on any atom is -0.321 e. The normalized spacial score (nSPS) is 40.0. The van der Waals surface area contributed by atoms with Gasteiger partial charge in [-0.2, -0.15) is 11.3 Å². The lowest BCUT2D eigenvalue weighted by atomic mass is 9.88. The Morgan fingerprint density at radius 3 is 2.95 bits per heavy atom. The number of hydrogen-bond donors (Lipinski definition) is 1. The first-order valence-corrected chi connectivity index (χ1v) is 8.75. The molecule has 1 aliphatic heterocycles. The molecule has 2 aliphatic carbocycles. The van der Waals surface area contributed by atoms with Gasteiger partial charge >= 0.3 is 0 Å². The summed E-state index contributed by atoms with van der Waals surface area (Å²) in [4.78, 5) is 14.6. The van der Waals surface area contributed by atoms with Gasteiger partial charge in [-0.15, -0.1) is 0 Å². The van der Waals surface area contributed by atoms with Crippen molar-refractivity contribution in [2.75, 3.05) is 6.54 Å². The first-order valence-electron chi connectivity index (χ1n) is 7.81. The van der Waals surface area contributed by atoms with Gasteiger partial charge in [-0.3, -0.25) is 10.1 Å². The first kappa shape index (κ1) is 12.8. The SMILES string of the molecule is CC1NC(c2ccsc2)N(CC2CC3CCC2C3)C1=O. The molecule has 108 valence electrons. The van der Waals surface area contributed by atoms with Crippen LogP contribution in [0.25, 0.3) is 0 Å². The molecule has 4 heteroatoms. The second-order valence-corrected chi connectivity index (χ2v) is 7.55. The molecule has 1 aromatic heterocycles. The third-order valence-corrected chi connectivity index (χ3v) is 6.25. The molecule has 5 unspecified atom stereocenters. The van der Waals surface area contributed by atoms with E-state index in [1.54, 1.807) is 11.3 Å². The van der Waals surface area contributed by atoms with Crippen LogP contribution >= 0.6 is 11.3 Å². The van der Waals surface area contributed by atoms with E-state index in [0.29, 0.717) is 0 Å². The zero-order valence-corrected chi connectivity index (χ0v) is 12.7. The number of nitrogens with zero attached hydrogens (tertiary/aromatic N) is 1. The zero-order valence-electron chi connectivity index (χ0n) is 11.9. The Morgan fingerprint density at radius 2 is 2.30 bits per heavy atom. The van der Waals surface area contributed by atoms with Crippen molar-refractivity contribution in [1.29, 1.82) is 0 Å². The summed E-state index contributed by atoms with van der Waals surface area (Å²) in [5.74, 6) is 2.86. The molecule has 20 heavy (non-hydrogen) atoms. The van der Waals surface area contributed by atoms with Gasteiger partial charge in [0.15, 0.2) is 0 Å². The molecule has 1 aromatic rings. The number of nitrogens with one attached hydrogen (secondary N) is 1. The number of thiophene rings is 1. The van der Waals surface area contributed by atoms with Crippen LogP contribution in [0.5, 0.6) is 0 Å². The van der Waals surface area contributed by atoms with Crippen molar-refractivity contribution >= 4 is 17.2 Å². The Kier molecular flexibility index (Phi) is 3.11. The number of amides is 1. The predicted molar refractivity (Wildman–Crippen MR) is 80.3 cm³/mol. The Labute approximate surface area is 124 Å². The Bertz CT molecular complexity index is 501. The molecule has 2 bridgehead atoms. The number of hydrogen-bond acceptors (Lipinski definition) is 3. The van der Waals surface area contributed by atoms with Crippen LogP contribution in [0.3, 0.4) is 0 Å². The maximum Gasteiger partial charge on any atom is 0.241 e. The zero-order chi connectivity index (χ0) is 13.7. The lowest BCUT2D eigenvalue weighted by molar-refractivity contribution is -0.130. The third kappa shape index (κ3) is 2.01. The largest absolute Gasteiger partial charge is 0.321 e. The van der Waals surface area contributed by atoms with E-state index in [2.05, 4.69) is 27.0 Å². The highest BCUT2D eigenvalue weighted by Gasteiger charge is 2.44. The van der Waals surface area contributed by atoms with Crippen molar-refractivity contribution in [2.45, 2.75) is 44.8 Å². The molecule has 3 nitrogen and oxygen atoms in total. The standard InChI is InChI=1S/C16H22N2OS/c1-10-16(19)18(15(17-10)13-4-5-20-9-13)8-14-7-11-2-3-12(14)6-11/h4-5,9-12,14-15,17H,2-3,6-8H2,1H3. The van der Waals surface area contributed by atoms with Gasteiger partial charge in [0, 0.05) is 6.54 Å². The van der Waals surface area contributed by atoms with Gasteiger partial charge in [0.2, 0.25) is 5.91 Å².